The number of amides is 2. The van der Waals surface area contributed by atoms with E-state index in [4.69, 9.17) is 24.7 Å². The quantitative estimate of drug-likeness (QED) is 0.404. The molecule has 1 aromatic carbocycles. The minimum atomic E-state index is -0.183. The maximum absolute atomic E-state index is 13.6. The molecule has 13 nitrogen and oxygen atoms in total. The molecule has 2 aliphatic rings. The number of aromatic nitrogens is 6. The zero-order chi connectivity index (χ0) is 27.1. The number of hydrogen-bond acceptors (Lipinski definition) is 9. The van der Waals surface area contributed by atoms with Gasteiger partial charge in [0.15, 0.2) is 17.0 Å². The second-order valence-electron chi connectivity index (χ2n) is 9.65. The first kappa shape index (κ1) is 25.0. The van der Waals surface area contributed by atoms with Gasteiger partial charge in [0.1, 0.15) is 0 Å². The number of hydrogen-bond donors (Lipinski definition) is 1. The third-order valence-corrected chi connectivity index (χ3v) is 7.40. The molecule has 0 atom stereocenters. The molecule has 1 N–H and O–H groups in total. The Bertz CT molecular complexity index is 1550. The van der Waals surface area contributed by atoms with Crippen LogP contribution in [0.25, 0.3) is 28.1 Å². The lowest BCUT2D eigenvalue weighted by molar-refractivity contribution is -0.132. The zero-order valence-corrected chi connectivity index (χ0v) is 22.4. The summed E-state index contributed by atoms with van der Waals surface area (Å²) in [6.07, 6.45) is 0.464. The van der Waals surface area contributed by atoms with E-state index in [1.165, 1.54) is 0 Å². The van der Waals surface area contributed by atoms with Gasteiger partial charge in [-0.2, -0.15) is 9.97 Å². The van der Waals surface area contributed by atoms with Crippen molar-refractivity contribution in [2.75, 3.05) is 69.7 Å². The number of imidazole rings is 2. The van der Waals surface area contributed by atoms with Crippen LogP contribution in [0.15, 0.2) is 24.3 Å². The number of morpholine rings is 1. The lowest BCUT2D eigenvalue weighted by atomic mass is 10.2. The number of aryl methyl sites for hydroxylation is 1. The fourth-order valence-corrected chi connectivity index (χ4v) is 5.24. The fraction of sp³-hybridized carbons (Fsp3) is 0.462. The van der Waals surface area contributed by atoms with E-state index in [1.54, 1.807) is 9.47 Å². The van der Waals surface area contributed by atoms with Crippen LogP contribution < -0.4 is 10.2 Å². The lowest BCUT2D eigenvalue weighted by Crippen LogP contribution is -2.50. The van der Waals surface area contributed by atoms with Crippen molar-refractivity contribution in [2.45, 2.75) is 13.3 Å². The molecule has 2 fully saturated rings. The van der Waals surface area contributed by atoms with Gasteiger partial charge in [0.25, 0.3) is 5.91 Å². The molecule has 0 unspecified atom stereocenters. The van der Waals surface area contributed by atoms with E-state index in [-0.39, 0.29) is 11.8 Å². The summed E-state index contributed by atoms with van der Waals surface area (Å²) in [5.41, 5.74) is 2.82. The second-order valence-corrected chi connectivity index (χ2v) is 9.65. The summed E-state index contributed by atoms with van der Waals surface area (Å²) in [4.78, 5) is 50.8. The standard InChI is InChI=1S/C26H32N10O3/c1-4-19(37)33-9-11-35(12-10-33)24(38)23-29-20-21(32(23)3)30-26(31-22(20)34-13-15-39-16-14-34)36-18-8-6-5-7-17(18)28-25(36)27-2/h5-8H,4,9-16H2,1-3H3,(H,27,28). The SMILES string of the molecule is CCC(=O)N1CCN(C(=O)c2nc3c(N4CCOCC4)nc(-n4c(NC)nc5ccccc54)nc3n2C)CC1. The average molecular weight is 533 g/mol. The van der Waals surface area contributed by atoms with Crippen LogP contribution in [0.2, 0.25) is 0 Å². The number of para-hydroxylation sites is 2. The van der Waals surface area contributed by atoms with Crippen molar-refractivity contribution in [3.8, 4) is 5.95 Å². The van der Waals surface area contributed by atoms with E-state index in [9.17, 15) is 9.59 Å². The summed E-state index contributed by atoms with van der Waals surface area (Å²) in [6, 6.07) is 7.82. The van der Waals surface area contributed by atoms with E-state index in [0.717, 1.165) is 11.0 Å². The van der Waals surface area contributed by atoms with Gasteiger partial charge in [0.2, 0.25) is 23.6 Å². The van der Waals surface area contributed by atoms with Crippen molar-refractivity contribution in [2.24, 2.45) is 7.05 Å². The van der Waals surface area contributed by atoms with Gasteiger partial charge in [-0.15, -0.1) is 0 Å². The summed E-state index contributed by atoms with van der Waals surface area (Å²) in [5.74, 6) is 1.93. The molecule has 2 amide bonds. The van der Waals surface area contributed by atoms with Gasteiger partial charge in [0, 0.05) is 59.8 Å². The van der Waals surface area contributed by atoms with Crippen molar-refractivity contribution >= 4 is 45.8 Å². The Balaban J connectivity index is 1.45. The van der Waals surface area contributed by atoms with E-state index < -0.39 is 0 Å². The van der Waals surface area contributed by atoms with Gasteiger partial charge < -0.3 is 29.3 Å². The van der Waals surface area contributed by atoms with Crippen LogP contribution in [-0.4, -0.2) is 110 Å². The first-order chi connectivity index (χ1) is 19.0. The molecule has 39 heavy (non-hydrogen) atoms. The number of piperazine rings is 1. The molecule has 0 spiro atoms. The molecule has 0 radical (unpaired) electrons. The number of carbonyl (C=O) groups is 2. The zero-order valence-electron chi connectivity index (χ0n) is 22.4. The summed E-state index contributed by atoms with van der Waals surface area (Å²) < 4.78 is 9.22. The van der Waals surface area contributed by atoms with Crippen LogP contribution in [0.5, 0.6) is 0 Å². The fourth-order valence-electron chi connectivity index (χ4n) is 5.24. The first-order valence-electron chi connectivity index (χ1n) is 13.3. The Labute approximate surface area is 225 Å². The highest BCUT2D eigenvalue weighted by molar-refractivity contribution is 5.97. The molecule has 2 saturated heterocycles. The second kappa shape index (κ2) is 10.1. The van der Waals surface area contributed by atoms with E-state index >= 15 is 0 Å². The molecule has 0 bridgehead atoms. The van der Waals surface area contributed by atoms with Crippen molar-refractivity contribution in [3.05, 3.63) is 30.1 Å². The molecule has 13 heteroatoms. The van der Waals surface area contributed by atoms with Crippen LogP contribution in [0.1, 0.15) is 24.0 Å². The molecular formula is C26H32N10O3. The molecule has 3 aromatic heterocycles. The smallest absolute Gasteiger partial charge is 0.290 e. The number of anilines is 2. The van der Waals surface area contributed by atoms with Crippen LogP contribution in [0.4, 0.5) is 11.8 Å². The third-order valence-electron chi connectivity index (χ3n) is 7.40. The molecule has 4 aromatic rings. The number of fused-ring (bicyclic) bond motifs is 2. The van der Waals surface area contributed by atoms with Crippen molar-refractivity contribution in [1.29, 1.82) is 0 Å². The highest BCUT2D eigenvalue weighted by Gasteiger charge is 2.30. The average Bonchev–Trinajstić information content (AvgIpc) is 3.54. The molecular weight excluding hydrogens is 500 g/mol. The summed E-state index contributed by atoms with van der Waals surface area (Å²) in [6.45, 7) is 6.29. The van der Waals surface area contributed by atoms with Crippen LogP contribution in [-0.2, 0) is 16.6 Å². The molecule has 0 saturated carbocycles. The van der Waals surface area contributed by atoms with E-state index in [1.807, 2.05) is 54.8 Å². The molecule has 5 heterocycles. The predicted molar refractivity (Wildman–Crippen MR) is 146 cm³/mol. The Morgan fingerprint density at radius 3 is 2.38 bits per heavy atom. The van der Waals surface area contributed by atoms with Crippen molar-refractivity contribution < 1.29 is 14.3 Å². The van der Waals surface area contributed by atoms with Crippen LogP contribution in [0, 0.1) is 0 Å². The number of benzene rings is 1. The highest BCUT2D eigenvalue weighted by Crippen LogP contribution is 2.29. The van der Waals surface area contributed by atoms with Gasteiger partial charge in [-0.25, -0.2) is 14.5 Å². The Hall–Kier alpha value is -4.26. The van der Waals surface area contributed by atoms with Gasteiger partial charge in [-0.05, 0) is 12.1 Å². The van der Waals surface area contributed by atoms with Crippen LogP contribution in [0.3, 0.4) is 0 Å². The van der Waals surface area contributed by atoms with Crippen LogP contribution >= 0.6 is 0 Å². The van der Waals surface area contributed by atoms with Gasteiger partial charge in [-0.1, -0.05) is 19.1 Å². The number of nitrogens with zero attached hydrogens (tertiary/aromatic N) is 9. The van der Waals surface area contributed by atoms with Gasteiger partial charge >= 0.3 is 0 Å². The van der Waals surface area contributed by atoms with Gasteiger partial charge in [-0.3, -0.25) is 9.59 Å². The van der Waals surface area contributed by atoms with Gasteiger partial charge in [0.05, 0.1) is 24.2 Å². The highest BCUT2D eigenvalue weighted by atomic mass is 16.5. The number of nitrogens with one attached hydrogen (secondary N) is 1. The first-order valence-corrected chi connectivity index (χ1v) is 13.3. The third kappa shape index (κ3) is 4.32. The summed E-state index contributed by atoms with van der Waals surface area (Å²) in [7, 11) is 3.62. The number of ether oxygens (including phenoxy) is 1. The van der Waals surface area contributed by atoms with Crippen molar-refractivity contribution in [1.82, 2.24) is 38.9 Å². The minimum Gasteiger partial charge on any atom is -0.378 e. The predicted octanol–water partition coefficient (Wildman–Crippen LogP) is 1.27. The summed E-state index contributed by atoms with van der Waals surface area (Å²) >= 11 is 0. The Morgan fingerprint density at radius 2 is 1.67 bits per heavy atom. The normalized spacial score (nSPS) is 16.3. The number of rotatable bonds is 5. The van der Waals surface area contributed by atoms with E-state index in [2.05, 4.69) is 10.2 Å². The largest absolute Gasteiger partial charge is 0.378 e. The maximum atomic E-state index is 13.6. The van der Waals surface area contributed by atoms with Crippen molar-refractivity contribution in [3.63, 3.8) is 0 Å². The molecule has 0 aliphatic carbocycles. The topological polar surface area (TPSA) is 127 Å². The Morgan fingerprint density at radius 1 is 0.949 bits per heavy atom. The number of carbonyl (C=O) groups excluding carboxylic acids is 2. The monoisotopic (exact) mass is 532 g/mol. The Kier molecular flexibility index (Phi) is 6.51. The molecule has 204 valence electrons. The molecule has 6 rings (SSSR count). The molecule has 2 aliphatic heterocycles. The maximum Gasteiger partial charge on any atom is 0.290 e. The minimum absolute atomic E-state index is 0.107. The summed E-state index contributed by atoms with van der Waals surface area (Å²) in [5, 5.41) is 3.15. The van der Waals surface area contributed by atoms with E-state index in [0.29, 0.717) is 93.6 Å². The lowest BCUT2D eigenvalue weighted by Gasteiger charge is -2.34.